The van der Waals surface area contributed by atoms with Crippen LogP contribution < -0.4 is 43.0 Å². The van der Waals surface area contributed by atoms with Gasteiger partial charge in [-0.3, -0.25) is 76.7 Å². The van der Waals surface area contributed by atoms with Gasteiger partial charge in [0.1, 0.15) is 79.3 Å². The van der Waals surface area contributed by atoms with E-state index < -0.39 is 246 Å². The molecule has 0 saturated carbocycles. The Balaban J connectivity index is 7.48. The van der Waals surface area contributed by atoms with Crippen LogP contribution in [0.15, 0.2) is 0 Å². The third-order valence-corrected chi connectivity index (χ3v) is 18.1. The summed E-state index contributed by atoms with van der Waals surface area (Å²) in [4.78, 5) is 213. The third kappa shape index (κ3) is 50.8. The average Bonchev–Trinajstić information content (AvgIpc) is 0.838. The normalized spacial score (nSPS) is 12.7. The van der Waals surface area contributed by atoms with Crippen molar-refractivity contribution in [1.82, 2.24) is 37.2 Å². The number of ketones is 1. The van der Waals surface area contributed by atoms with Crippen LogP contribution >= 0.6 is 0 Å². The SMILES string of the molecule is CC(C)(C)C(=O)COCC(COCC(=O)NCCC(=O)NCC(CNC(=O)CCNC(=O)COCC(COC(=O)C(C)(C)C)(COC(=O)C(C)(C)C)COC(=O)C(C)(C)C)(CNC(=O)CCNC(=O)COCC(COC(=O)C(C)(C)C)(COC(=O)C(C)(C)C)COC(=O)C(C)(C)C)COCCNC(=O)CCOCCN)(COC(=O)C(C)(C)C)COC(=O)C(C)(C)C. The fourth-order valence-corrected chi connectivity index (χ4v) is 9.44. The maximum absolute atomic E-state index is 14.0. The molecule has 38 nitrogen and oxygen atoms in total. The molecule has 0 fully saturated rings. The molecule has 0 aliphatic carbocycles. The van der Waals surface area contributed by atoms with Gasteiger partial charge in [-0.1, -0.05) is 20.8 Å². The van der Waals surface area contributed by atoms with Crippen LogP contribution in [0.1, 0.15) is 213 Å². The van der Waals surface area contributed by atoms with E-state index in [1.807, 2.05) is 0 Å². The number of hydrogen-bond donors (Lipinski definition) is 8. The summed E-state index contributed by atoms with van der Waals surface area (Å²) in [6.45, 7) is 34.6. The van der Waals surface area contributed by atoms with Gasteiger partial charge in [-0.25, -0.2) is 0 Å². The lowest BCUT2D eigenvalue weighted by atomic mass is 9.88. The molecule has 0 aromatic rings. The first-order valence-corrected chi connectivity index (χ1v) is 42.5. The highest BCUT2D eigenvalue weighted by Crippen LogP contribution is 2.32. The van der Waals surface area contributed by atoms with Crippen molar-refractivity contribution < 1.29 is 143 Å². The Morgan fingerprint density at radius 3 is 0.651 bits per heavy atom. The number of rotatable bonds is 57. The van der Waals surface area contributed by atoms with E-state index in [1.54, 1.807) is 187 Å². The van der Waals surface area contributed by atoms with E-state index >= 15 is 0 Å². The molecule has 9 N–H and O–H groups in total. The molecule has 726 valence electrons. The van der Waals surface area contributed by atoms with Crippen LogP contribution in [0.4, 0.5) is 0 Å². The fraction of sp³-hybridized carbons (Fsp3) is 0.818. The molecule has 0 rings (SSSR count). The Morgan fingerprint density at radius 2 is 0.421 bits per heavy atom. The molecular weight excluding hydrogens is 1650 g/mol. The van der Waals surface area contributed by atoms with Crippen LogP contribution in [-0.4, -0.2) is 279 Å². The third-order valence-electron chi connectivity index (χ3n) is 18.1. The molecule has 0 bridgehead atoms. The molecule has 0 heterocycles. The first-order valence-electron chi connectivity index (χ1n) is 42.5. The number of amides is 7. The zero-order chi connectivity index (χ0) is 97.2. The Bertz CT molecular complexity index is 3220. The highest BCUT2D eigenvalue weighted by Gasteiger charge is 2.45. The second-order valence-electron chi connectivity index (χ2n) is 41.4. The number of carbonyl (C=O) groups is 16. The van der Waals surface area contributed by atoms with Crippen molar-refractivity contribution in [2.45, 2.75) is 213 Å². The smallest absolute Gasteiger partial charge is 0.311 e. The predicted octanol–water partition coefficient (Wildman–Crippen LogP) is 4.69. The summed E-state index contributed by atoms with van der Waals surface area (Å²) in [6, 6.07) is 0. The van der Waals surface area contributed by atoms with Gasteiger partial charge in [-0.2, -0.15) is 0 Å². The molecule has 7 amide bonds. The van der Waals surface area contributed by atoms with Crippen LogP contribution in [0, 0.1) is 70.4 Å². The minimum absolute atomic E-state index is 0.0122. The molecule has 0 aromatic heterocycles. The van der Waals surface area contributed by atoms with Crippen molar-refractivity contribution in [3.8, 4) is 0 Å². The van der Waals surface area contributed by atoms with E-state index in [4.69, 9.17) is 72.0 Å². The van der Waals surface area contributed by atoms with E-state index in [-0.39, 0.29) is 129 Å². The Hall–Kier alpha value is -8.56. The van der Waals surface area contributed by atoms with Gasteiger partial charge in [0.2, 0.25) is 41.4 Å². The number of Topliss-reactive ketones (excluding diaryl/α,β-unsaturated/α-hetero) is 1. The predicted molar refractivity (Wildman–Crippen MR) is 461 cm³/mol. The topological polar surface area (TPSA) is 513 Å². The van der Waals surface area contributed by atoms with Crippen molar-refractivity contribution in [2.75, 3.05) is 184 Å². The Kier molecular flexibility index (Phi) is 49.8. The minimum Gasteiger partial charge on any atom is -0.464 e. The van der Waals surface area contributed by atoms with Crippen molar-refractivity contribution in [3.63, 3.8) is 0 Å². The summed E-state index contributed by atoms with van der Waals surface area (Å²) < 4.78 is 80.6. The molecule has 38 heteroatoms. The minimum atomic E-state index is -1.53. The second kappa shape index (κ2) is 53.4. The molecule has 0 aromatic carbocycles. The van der Waals surface area contributed by atoms with Crippen molar-refractivity contribution in [3.05, 3.63) is 0 Å². The van der Waals surface area contributed by atoms with Gasteiger partial charge in [0.05, 0.1) is 112 Å². The van der Waals surface area contributed by atoms with Crippen molar-refractivity contribution >= 4 is 94.9 Å². The molecule has 0 aliphatic rings. The highest BCUT2D eigenvalue weighted by molar-refractivity contribution is 5.85. The lowest BCUT2D eigenvalue weighted by Crippen LogP contribution is -2.54. The molecule has 0 radical (unpaired) electrons. The molecule has 0 aliphatic heterocycles. The molecule has 0 atom stereocenters. The van der Waals surface area contributed by atoms with E-state index in [2.05, 4.69) is 37.2 Å². The van der Waals surface area contributed by atoms with E-state index in [9.17, 15) is 76.7 Å². The van der Waals surface area contributed by atoms with E-state index in [1.165, 1.54) is 0 Å². The fourth-order valence-electron chi connectivity index (χ4n) is 9.44. The molecule has 0 spiro atoms. The van der Waals surface area contributed by atoms with Gasteiger partial charge in [-0.05, 0) is 166 Å². The van der Waals surface area contributed by atoms with Crippen molar-refractivity contribution in [2.24, 2.45) is 76.1 Å². The molecular formula is C88H154N8O30. The first kappa shape index (κ1) is 117. The lowest BCUT2D eigenvalue weighted by Gasteiger charge is -2.34. The van der Waals surface area contributed by atoms with Crippen LogP contribution in [0.3, 0.4) is 0 Å². The molecule has 0 unspecified atom stereocenters. The number of nitrogens with one attached hydrogen (secondary N) is 7. The zero-order valence-corrected chi connectivity index (χ0v) is 80.5. The Morgan fingerprint density at radius 1 is 0.206 bits per heavy atom. The zero-order valence-electron chi connectivity index (χ0n) is 80.5. The number of ether oxygens (including phenoxy) is 14. The van der Waals surface area contributed by atoms with Gasteiger partial charge in [0.15, 0.2) is 5.78 Å². The number of carbonyl (C=O) groups excluding carboxylic acids is 16. The van der Waals surface area contributed by atoms with Gasteiger partial charge >= 0.3 is 47.8 Å². The molecule has 0 saturated heterocycles. The van der Waals surface area contributed by atoms with E-state index in [0.29, 0.717) is 0 Å². The highest BCUT2D eigenvalue weighted by atomic mass is 16.6. The summed E-state index contributed by atoms with van der Waals surface area (Å²) in [5, 5.41) is 18.9. The second-order valence-corrected chi connectivity index (χ2v) is 41.4. The lowest BCUT2D eigenvalue weighted by molar-refractivity contribution is -0.179. The maximum Gasteiger partial charge on any atom is 0.311 e. The van der Waals surface area contributed by atoms with Gasteiger partial charge in [-0.15, -0.1) is 0 Å². The van der Waals surface area contributed by atoms with Crippen LogP contribution in [0.25, 0.3) is 0 Å². The summed E-state index contributed by atoms with van der Waals surface area (Å²) in [6.07, 6.45) is -1.14. The van der Waals surface area contributed by atoms with Crippen LogP contribution in [0.5, 0.6) is 0 Å². The summed E-state index contributed by atoms with van der Waals surface area (Å²) in [5.74, 6) is -9.89. The first-order chi connectivity index (χ1) is 57.6. The number of esters is 8. The standard InChI is InChI=1S/C88H154N8O30/c1-76(2,3)60(97)40-115-48-86(52-119-68(105)77(4,5)6,53-120-69(106)78(7,8)9)49-116-41-65(102)90-33-28-61(98)94-44-85(47-114-39-36-93-64(101)31-37-113-38-32-89,45-95-62(99)29-34-91-66(103)42-117-50-87(54-121-70(107)79(10,11)12,55-122-71(108)80(13,14)15)56-123-72(109)81(16,17)18)46-96-63(100)30-35-92-67(104)43-118-51-88(57-124-73(110)82(19,20)21,58-125-74(111)83(22,23)24)59-126-75(112)84(25,26)27/h28-59,89H2,1-27H3,(H,90,102)(H,91,103)(H,92,104)(H,93,101)(H,94,98)(H,95,99)(H,96,100). The maximum atomic E-state index is 14.0. The van der Waals surface area contributed by atoms with Crippen LogP contribution in [0.2, 0.25) is 0 Å². The summed E-state index contributed by atoms with van der Waals surface area (Å²) >= 11 is 0. The molecule has 126 heavy (non-hydrogen) atoms. The van der Waals surface area contributed by atoms with Gasteiger partial charge in [0.25, 0.3) is 0 Å². The quantitative estimate of drug-likeness (QED) is 0.0232. The number of hydrogen-bond acceptors (Lipinski definition) is 31. The number of nitrogens with two attached hydrogens (primary N) is 1. The van der Waals surface area contributed by atoms with E-state index in [0.717, 1.165) is 0 Å². The van der Waals surface area contributed by atoms with Gasteiger partial charge < -0.3 is 109 Å². The monoisotopic (exact) mass is 1800 g/mol. The Labute approximate surface area is 745 Å². The van der Waals surface area contributed by atoms with Crippen molar-refractivity contribution in [1.29, 1.82) is 0 Å². The van der Waals surface area contributed by atoms with Crippen LogP contribution in [-0.2, 0) is 143 Å². The summed E-state index contributed by atoms with van der Waals surface area (Å²) in [7, 11) is 0. The van der Waals surface area contributed by atoms with Gasteiger partial charge in [0, 0.05) is 88.9 Å². The average molecular weight is 1800 g/mol. The summed E-state index contributed by atoms with van der Waals surface area (Å²) in [5.41, 5.74) is -9.09. The largest absolute Gasteiger partial charge is 0.464 e.